The topological polar surface area (TPSA) is 44.1 Å². The van der Waals surface area contributed by atoms with E-state index in [0.29, 0.717) is 13.2 Å². The van der Waals surface area contributed by atoms with Crippen LogP contribution in [0.3, 0.4) is 0 Å². The van der Waals surface area contributed by atoms with Gasteiger partial charge >= 0.3 is 0 Å². The Labute approximate surface area is 110 Å². The van der Waals surface area contributed by atoms with Crippen molar-refractivity contribution < 1.29 is 4.74 Å². The molecular weight excluding hydrogens is 252 g/mol. The predicted molar refractivity (Wildman–Crippen MR) is 70.1 cm³/mol. The minimum Gasteiger partial charge on any atom is -0.494 e. The van der Waals surface area contributed by atoms with Crippen molar-refractivity contribution in [3.8, 4) is 5.75 Å². The molecule has 4 nitrogen and oxygen atoms in total. The van der Waals surface area contributed by atoms with Gasteiger partial charge in [-0.05, 0) is 18.6 Å². The lowest BCUT2D eigenvalue weighted by atomic mass is 10.3. The van der Waals surface area contributed by atoms with Crippen molar-refractivity contribution in [1.29, 1.82) is 0 Å². The Morgan fingerprint density at radius 1 is 1.28 bits per heavy atom. The Balaban J connectivity index is 1.82. The molecule has 1 aromatic heterocycles. The van der Waals surface area contributed by atoms with Gasteiger partial charge in [-0.15, -0.1) is 0 Å². The zero-order valence-electron chi connectivity index (χ0n) is 9.75. The predicted octanol–water partition coefficient (Wildman–Crippen LogP) is 2.37. The molecule has 0 N–H and O–H groups in total. The fourth-order valence-electron chi connectivity index (χ4n) is 1.54. The van der Waals surface area contributed by atoms with E-state index in [0.717, 1.165) is 12.2 Å². The van der Waals surface area contributed by atoms with Crippen LogP contribution in [0.2, 0.25) is 5.15 Å². The van der Waals surface area contributed by atoms with E-state index in [1.165, 1.54) is 10.8 Å². The van der Waals surface area contributed by atoms with Gasteiger partial charge in [0.2, 0.25) is 0 Å². The Morgan fingerprint density at radius 2 is 2.06 bits per heavy atom. The standard InChI is InChI=1S/C13H13ClN2O2/c14-12-13(17)16(9-7-15-12)8-4-10-18-11-5-2-1-3-6-11/h1-3,5-7,9H,4,8,10H2. The third-order valence-electron chi connectivity index (χ3n) is 2.43. The maximum Gasteiger partial charge on any atom is 0.288 e. The first-order chi connectivity index (χ1) is 8.77. The largest absolute Gasteiger partial charge is 0.494 e. The molecule has 0 fully saturated rings. The van der Waals surface area contributed by atoms with Crippen molar-refractivity contribution >= 4 is 11.6 Å². The van der Waals surface area contributed by atoms with Crippen molar-refractivity contribution in [2.24, 2.45) is 0 Å². The molecule has 5 heteroatoms. The molecule has 2 aromatic rings. The number of hydrogen-bond donors (Lipinski definition) is 0. The van der Waals surface area contributed by atoms with Crippen LogP contribution in [-0.2, 0) is 6.54 Å². The number of ether oxygens (including phenoxy) is 1. The summed E-state index contributed by atoms with van der Waals surface area (Å²) in [6, 6.07) is 9.57. The lowest BCUT2D eigenvalue weighted by molar-refractivity contribution is 0.301. The number of nitrogens with zero attached hydrogens (tertiary/aromatic N) is 2. The van der Waals surface area contributed by atoms with E-state index in [1.807, 2.05) is 30.3 Å². The van der Waals surface area contributed by atoms with Crippen LogP contribution in [0, 0.1) is 0 Å². The summed E-state index contributed by atoms with van der Waals surface area (Å²) < 4.78 is 7.07. The quantitative estimate of drug-likeness (QED) is 0.779. The van der Waals surface area contributed by atoms with Gasteiger partial charge in [0.05, 0.1) is 6.61 Å². The van der Waals surface area contributed by atoms with Crippen LogP contribution < -0.4 is 10.3 Å². The summed E-state index contributed by atoms with van der Waals surface area (Å²) in [5, 5.41) is 0.00137. The van der Waals surface area contributed by atoms with Crippen LogP contribution in [-0.4, -0.2) is 16.2 Å². The van der Waals surface area contributed by atoms with Crippen LogP contribution in [0.1, 0.15) is 6.42 Å². The fraction of sp³-hybridized carbons (Fsp3) is 0.231. The average molecular weight is 265 g/mol. The van der Waals surface area contributed by atoms with Gasteiger partial charge in [0.1, 0.15) is 5.75 Å². The summed E-state index contributed by atoms with van der Waals surface area (Å²) in [4.78, 5) is 15.3. The zero-order chi connectivity index (χ0) is 12.8. The highest BCUT2D eigenvalue weighted by atomic mass is 35.5. The molecule has 94 valence electrons. The summed E-state index contributed by atoms with van der Waals surface area (Å²) in [6.45, 7) is 1.12. The van der Waals surface area contributed by atoms with E-state index in [9.17, 15) is 4.79 Å². The molecule has 0 aliphatic heterocycles. The van der Waals surface area contributed by atoms with Crippen LogP contribution in [0.25, 0.3) is 0 Å². The maximum atomic E-state index is 11.6. The monoisotopic (exact) mass is 264 g/mol. The zero-order valence-corrected chi connectivity index (χ0v) is 10.5. The molecule has 0 bridgehead atoms. The Morgan fingerprint density at radius 3 is 2.83 bits per heavy atom. The summed E-state index contributed by atoms with van der Waals surface area (Å²) in [5.74, 6) is 0.831. The second-order valence-electron chi connectivity index (χ2n) is 3.73. The van der Waals surface area contributed by atoms with E-state index < -0.39 is 0 Å². The molecular formula is C13H13ClN2O2. The van der Waals surface area contributed by atoms with Crippen LogP contribution >= 0.6 is 11.6 Å². The summed E-state index contributed by atoms with van der Waals surface area (Å²) in [5.41, 5.74) is -0.265. The lowest BCUT2D eigenvalue weighted by Gasteiger charge is -2.07. The lowest BCUT2D eigenvalue weighted by Crippen LogP contribution is -2.21. The van der Waals surface area contributed by atoms with E-state index in [1.54, 1.807) is 6.20 Å². The van der Waals surface area contributed by atoms with Crippen molar-refractivity contribution in [3.05, 3.63) is 58.2 Å². The van der Waals surface area contributed by atoms with Crippen molar-refractivity contribution in [2.75, 3.05) is 6.61 Å². The second kappa shape index (κ2) is 6.21. The van der Waals surface area contributed by atoms with E-state index >= 15 is 0 Å². The summed E-state index contributed by atoms with van der Waals surface area (Å²) >= 11 is 5.65. The molecule has 0 spiro atoms. The third-order valence-corrected chi connectivity index (χ3v) is 2.69. The first kappa shape index (κ1) is 12.6. The van der Waals surface area contributed by atoms with Gasteiger partial charge in [0.25, 0.3) is 5.56 Å². The van der Waals surface area contributed by atoms with E-state index in [4.69, 9.17) is 16.3 Å². The van der Waals surface area contributed by atoms with E-state index in [-0.39, 0.29) is 10.7 Å². The van der Waals surface area contributed by atoms with Gasteiger partial charge in [-0.25, -0.2) is 4.98 Å². The molecule has 2 rings (SSSR count). The Hall–Kier alpha value is -1.81. The first-order valence-corrected chi connectivity index (χ1v) is 6.04. The molecule has 0 unspecified atom stereocenters. The number of hydrogen-bond acceptors (Lipinski definition) is 3. The van der Waals surface area contributed by atoms with Gasteiger partial charge in [-0.1, -0.05) is 29.8 Å². The van der Waals surface area contributed by atoms with E-state index in [2.05, 4.69) is 4.98 Å². The van der Waals surface area contributed by atoms with Gasteiger partial charge in [-0.3, -0.25) is 4.79 Å². The molecule has 0 saturated heterocycles. The number of aromatic nitrogens is 2. The molecule has 0 amide bonds. The number of benzene rings is 1. The molecule has 0 saturated carbocycles. The smallest absolute Gasteiger partial charge is 0.288 e. The highest BCUT2D eigenvalue weighted by Gasteiger charge is 2.01. The molecule has 1 aromatic carbocycles. The number of aryl methyl sites for hydroxylation is 1. The number of para-hydroxylation sites is 1. The molecule has 1 heterocycles. The number of halogens is 1. The van der Waals surface area contributed by atoms with Gasteiger partial charge in [-0.2, -0.15) is 0 Å². The Bertz CT molecular complexity index is 554. The maximum absolute atomic E-state index is 11.6. The van der Waals surface area contributed by atoms with Crippen molar-refractivity contribution in [3.63, 3.8) is 0 Å². The van der Waals surface area contributed by atoms with Gasteiger partial charge < -0.3 is 9.30 Å². The van der Waals surface area contributed by atoms with Gasteiger partial charge in [0, 0.05) is 18.9 Å². The number of rotatable bonds is 5. The highest BCUT2D eigenvalue weighted by molar-refractivity contribution is 6.29. The minimum absolute atomic E-state index is 0.00137. The second-order valence-corrected chi connectivity index (χ2v) is 4.09. The van der Waals surface area contributed by atoms with Crippen LogP contribution in [0.4, 0.5) is 0 Å². The van der Waals surface area contributed by atoms with Crippen molar-refractivity contribution in [1.82, 2.24) is 9.55 Å². The summed E-state index contributed by atoms with van der Waals surface area (Å²) in [7, 11) is 0. The van der Waals surface area contributed by atoms with Crippen LogP contribution in [0.5, 0.6) is 5.75 Å². The molecule has 18 heavy (non-hydrogen) atoms. The normalized spacial score (nSPS) is 10.3. The molecule has 0 atom stereocenters. The Kier molecular flexibility index (Phi) is 4.36. The molecule has 0 aliphatic carbocycles. The minimum atomic E-state index is -0.265. The first-order valence-electron chi connectivity index (χ1n) is 5.66. The van der Waals surface area contributed by atoms with Crippen molar-refractivity contribution in [2.45, 2.75) is 13.0 Å². The summed E-state index contributed by atoms with van der Waals surface area (Å²) in [6.07, 6.45) is 3.87. The van der Waals surface area contributed by atoms with Crippen LogP contribution in [0.15, 0.2) is 47.5 Å². The average Bonchev–Trinajstić information content (AvgIpc) is 2.40. The highest BCUT2D eigenvalue weighted by Crippen LogP contribution is 2.08. The van der Waals surface area contributed by atoms with Gasteiger partial charge in [0.15, 0.2) is 5.15 Å². The fourth-order valence-corrected chi connectivity index (χ4v) is 1.70. The third kappa shape index (κ3) is 3.34. The molecule has 0 radical (unpaired) electrons. The molecule has 0 aliphatic rings. The SMILES string of the molecule is O=c1c(Cl)nccn1CCCOc1ccccc1.